The van der Waals surface area contributed by atoms with Crippen molar-refractivity contribution in [3.8, 4) is 0 Å². The summed E-state index contributed by atoms with van der Waals surface area (Å²) in [6, 6.07) is 15.4. The average molecular weight is 384 g/mol. The fraction of sp³-hybridized carbons (Fsp3) is 0.409. The molecule has 28 heavy (non-hydrogen) atoms. The quantitative estimate of drug-likeness (QED) is 0.594. The van der Waals surface area contributed by atoms with Crippen molar-refractivity contribution in [2.45, 2.75) is 19.5 Å². The van der Waals surface area contributed by atoms with Crippen LogP contribution in [0.3, 0.4) is 0 Å². The molecule has 3 rings (SSSR count). The fourth-order valence-corrected chi connectivity index (χ4v) is 3.43. The molecule has 0 amide bonds. The zero-order valence-corrected chi connectivity index (χ0v) is 16.6. The summed E-state index contributed by atoms with van der Waals surface area (Å²) in [5.41, 5.74) is 3.56. The molecule has 0 saturated carbocycles. The molecule has 1 aliphatic rings. The number of nitrogens with zero attached hydrogens (tertiary/aromatic N) is 2. The minimum atomic E-state index is -0.224. The Balaban J connectivity index is 1.63. The van der Waals surface area contributed by atoms with E-state index in [2.05, 4.69) is 51.7 Å². The van der Waals surface area contributed by atoms with Crippen molar-refractivity contribution < 1.29 is 9.13 Å². The summed E-state index contributed by atoms with van der Waals surface area (Å²) in [4.78, 5) is 6.78. The molecule has 6 heteroatoms. The van der Waals surface area contributed by atoms with E-state index in [9.17, 15) is 4.39 Å². The number of aliphatic imine (C=N–C) groups is 1. The summed E-state index contributed by atoms with van der Waals surface area (Å²) in [7, 11) is 1.76. The lowest BCUT2D eigenvalue weighted by molar-refractivity contribution is 0.0170. The number of hydrogen-bond donors (Lipinski definition) is 2. The standard InChI is InChI=1S/C22H29FN4O/c1-17-4-3-5-19(14-17)21(27-10-12-28-13-11-27)16-26-22(24-2)25-15-18-6-8-20(23)9-7-18/h3-9,14,21H,10-13,15-16H2,1-2H3,(H2,24,25,26). The van der Waals surface area contributed by atoms with Crippen LogP contribution in [0, 0.1) is 12.7 Å². The van der Waals surface area contributed by atoms with Crippen molar-refractivity contribution in [1.29, 1.82) is 0 Å². The van der Waals surface area contributed by atoms with Crippen LogP contribution < -0.4 is 10.6 Å². The molecule has 1 saturated heterocycles. The summed E-state index contributed by atoms with van der Waals surface area (Å²) in [5, 5.41) is 6.75. The van der Waals surface area contributed by atoms with Crippen LogP contribution in [0.2, 0.25) is 0 Å². The highest BCUT2D eigenvalue weighted by molar-refractivity contribution is 5.79. The van der Waals surface area contributed by atoms with Crippen molar-refractivity contribution in [2.24, 2.45) is 4.99 Å². The Morgan fingerprint density at radius 2 is 1.89 bits per heavy atom. The SMILES string of the molecule is CN=C(NCc1ccc(F)cc1)NCC(c1cccc(C)c1)N1CCOCC1. The third-order valence-electron chi connectivity index (χ3n) is 4.97. The summed E-state index contributed by atoms with van der Waals surface area (Å²) in [6.07, 6.45) is 0. The van der Waals surface area contributed by atoms with Gasteiger partial charge in [0, 0.05) is 33.2 Å². The van der Waals surface area contributed by atoms with E-state index in [1.807, 2.05) is 0 Å². The molecule has 1 heterocycles. The third-order valence-corrected chi connectivity index (χ3v) is 4.97. The Hall–Kier alpha value is -2.44. The molecule has 0 spiro atoms. The Bertz CT molecular complexity index is 772. The summed E-state index contributed by atoms with van der Waals surface area (Å²) >= 11 is 0. The molecule has 0 aliphatic carbocycles. The number of aryl methyl sites for hydroxylation is 1. The fourth-order valence-electron chi connectivity index (χ4n) is 3.43. The second-order valence-electron chi connectivity index (χ2n) is 7.01. The van der Waals surface area contributed by atoms with E-state index in [1.54, 1.807) is 19.2 Å². The molecule has 150 valence electrons. The van der Waals surface area contributed by atoms with Gasteiger partial charge in [0.25, 0.3) is 0 Å². The molecule has 0 bridgehead atoms. The Morgan fingerprint density at radius 1 is 1.14 bits per heavy atom. The van der Waals surface area contributed by atoms with E-state index in [0.717, 1.165) is 44.4 Å². The maximum atomic E-state index is 13.1. The van der Waals surface area contributed by atoms with E-state index < -0.39 is 0 Å². The van der Waals surface area contributed by atoms with Crippen LogP contribution in [0.1, 0.15) is 22.7 Å². The van der Waals surface area contributed by atoms with E-state index in [1.165, 1.54) is 23.3 Å². The van der Waals surface area contributed by atoms with Gasteiger partial charge in [-0.2, -0.15) is 0 Å². The molecule has 1 aliphatic heterocycles. The number of benzene rings is 2. The lowest BCUT2D eigenvalue weighted by atomic mass is 10.0. The van der Waals surface area contributed by atoms with Crippen molar-refractivity contribution in [1.82, 2.24) is 15.5 Å². The second kappa shape index (κ2) is 10.2. The number of guanidine groups is 1. The highest BCUT2D eigenvalue weighted by Gasteiger charge is 2.23. The van der Waals surface area contributed by atoms with Crippen LogP contribution in [0.15, 0.2) is 53.5 Å². The van der Waals surface area contributed by atoms with Gasteiger partial charge in [-0.05, 0) is 30.2 Å². The van der Waals surface area contributed by atoms with Gasteiger partial charge in [-0.3, -0.25) is 9.89 Å². The first kappa shape index (κ1) is 20.3. The third kappa shape index (κ3) is 5.78. The van der Waals surface area contributed by atoms with Crippen LogP contribution >= 0.6 is 0 Å². The highest BCUT2D eigenvalue weighted by atomic mass is 19.1. The molecule has 1 fully saturated rings. The van der Waals surface area contributed by atoms with Gasteiger partial charge in [0.1, 0.15) is 5.82 Å². The van der Waals surface area contributed by atoms with Crippen molar-refractivity contribution in [3.63, 3.8) is 0 Å². The minimum absolute atomic E-state index is 0.224. The summed E-state index contributed by atoms with van der Waals surface area (Å²) < 4.78 is 18.6. The smallest absolute Gasteiger partial charge is 0.191 e. The normalized spacial score (nSPS) is 16.6. The van der Waals surface area contributed by atoms with Crippen molar-refractivity contribution >= 4 is 5.96 Å². The number of hydrogen-bond acceptors (Lipinski definition) is 3. The lowest BCUT2D eigenvalue weighted by Gasteiger charge is -2.35. The zero-order valence-electron chi connectivity index (χ0n) is 16.6. The van der Waals surface area contributed by atoms with Crippen LogP contribution in [-0.2, 0) is 11.3 Å². The van der Waals surface area contributed by atoms with Gasteiger partial charge in [0.15, 0.2) is 5.96 Å². The molecule has 0 radical (unpaired) electrons. The molecule has 2 aromatic rings. The Morgan fingerprint density at radius 3 is 2.57 bits per heavy atom. The molecule has 0 aromatic heterocycles. The Labute approximate surface area is 166 Å². The van der Waals surface area contributed by atoms with Gasteiger partial charge in [-0.15, -0.1) is 0 Å². The zero-order chi connectivity index (χ0) is 19.8. The first-order valence-corrected chi connectivity index (χ1v) is 9.73. The predicted octanol–water partition coefficient (Wildman–Crippen LogP) is 2.87. The number of halogens is 1. The van der Waals surface area contributed by atoms with Crippen LogP contribution in [0.4, 0.5) is 4.39 Å². The largest absolute Gasteiger partial charge is 0.379 e. The van der Waals surface area contributed by atoms with Crippen molar-refractivity contribution in [2.75, 3.05) is 39.9 Å². The molecule has 2 aromatic carbocycles. The molecule has 2 N–H and O–H groups in total. The van der Waals surface area contributed by atoms with E-state index >= 15 is 0 Å². The predicted molar refractivity (Wildman–Crippen MR) is 111 cm³/mol. The first-order valence-electron chi connectivity index (χ1n) is 9.73. The van der Waals surface area contributed by atoms with E-state index in [4.69, 9.17) is 4.74 Å². The molecule has 1 unspecified atom stereocenters. The number of morpholine rings is 1. The number of ether oxygens (including phenoxy) is 1. The Kier molecular flexibility index (Phi) is 7.39. The van der Waals surface area contributed by atoms with Crippen LogP contribution in [0.25, 0.3) is 0 Å². The monoisotopic (exact) mass is 384 g/mol. The highest BCUT2D eigenvalue weighted by Crippen LogP contribution is 2.22. The van der Waals surface area contributed by atoms with Gasteiger partial charge < -0.3 is 15.4 Å². The van der Waals surface area contributed by atoms with Gasteiger partial charge >= 0.3 is 0 Å². The average Bonchev–Trinajstić information content (AvgIpc) is 2.72. The number of nitrogens with one attached hydrogen (secondary N) is 2. The molecule has 1 atom stereocenters. The van der Waals surface area contributed by atoms with E-state index in [-0.39, 0.29) is 11.9 Å². The maximum Gasteiger partial charge on any atom is 0.191 e. The van der Waals surface area contributed by atoms with Crippen LogP contribution in [0.5, 0.6) is 0 Å². The van der Waals surface area contributed by atoms with Gasteiger partial charge in [-0.25, -0.2) is 4.39 Å². The summed E-state index contributed by atoms with van der Waals surface area (Å²) in [6.45, 7) is 6.82. The van der Waals surface area contributed by atoms with Crippen molar-refractivity contribution in [3.05, 3.63) is 71.0 Å². The summed E-state index contributed by atoms with van der Waals surface area (Å²) in [5.74, 6) is 0.507. The van der Waals surface area contributed by atoms with Gasteiger partial charge in [0.2, 0.25) is 0 Å². The molecular weight excluding hydrogens is 355 g/mol. The van der Waals surface area contributed by atoms with Gasteiger partial charge in [-0.1, -0.05) is 42.0 Å². The lowest BCUT2D eigenvalue weighted by Crippen LogP contribution is -2.46. The topological polar surface area (TPSA) is 48.9 Å². The maximum absolute atomic E-state index is 13.1. The van der Waals surface area contributed by atoms with Gasteiger partial charge in [0.05, 0.1) is 19.3 Å². The van der Waals surface area contributed by atoms with E-state index in [0.29, 0.717) is 6.54 Å². The molecular formula is C22H29FN4O. The number of rotatable bonds is 6. The minimum Gasteiger partial charge on any atom is -0.379 e. The first-order chi connectivity index (χ1) is 13.7. The second-order valence-corrected chi connectivity index (χ2v) is 7.01. The van der Waals surface area contributed by atoms with Crippen LogP contribution in [-0.4, -0.2) is 50.8 Å². The molecule has 5 nitrogen and oxygen atoms in total.